The van der Waals surface area contributed by atoms with Gasteiger partial charge in [0, 0.05) is 18.8 Å². The number of ether oxygens (including phenoxy) is 1. The maximum absolute atomic E-state index is 12.3. The number of amides is 1. The van der Waals surface area contributed by atoms with Gasteiger partial charge < -0.3 is 9.64 Å². The summed E-state index contributed by atoms with van der Waals surface area (Å²) < 4.78 is 67.7. The van der Waals surface area contributed by atoms with Gasteiger partial charge in [-0.1, -0.05) is 22.9 Å². The maximum atomic E-state index is 12.3. The minimum absolute atomic E-state index is 0.0157. The number of anilines is 1. The lowest BCUT2D eigenvalue weighted by Crippen LogP contribution is -2.41. The van der Waals surface area contributed by atoms with Crippen LogP contribution in [0.2, 0.25) is 0 Å². The Morgan fingerprint density at radius 2 is 1.80 bits per heavy atom. The largest absolute Gasteiger partial charge is 0.490 e. The van der Waals surface area contributed by atoms with E-state index in [1.54, 1.807) is 13.1 Å². The van der Waals surface area contributed by atoms with Crippen LogP contribution in [0.3, 0.4) is 0 Å². The fraction of sp³-hybridized carbons (Fsp3) is 0.294. The molecule has 1 N–H and O–H groups in total. The molecule has 30 heavy (non-hydrogen) atoms. The van der Waals surface area contributed by atoms with Crippen molar-refractivity contribution in [3.63, 3.8) is 0 Å². The molecule has 0 unspecified atom stereocenters. The van der Waals surface area contributed by atoms with Gasteiger partial charge in [0.1, 0.15) is 11.9 Å². The number of hydrogen-bond acceptors (Lipinski definition) is 6. The highest BCUT2D eigenvalue weighted by Gasteiger charge is 2.40. The number of esters is 1. The van der Waals surface area contributed by atoms with Crippen molar-refractivity contribution < 1.29 is 45.1 Å². The van der Waals surface area contributed by atoms with Crippen molar-refractivity contribution in [2.75, 3.05) is 24.8 Å². The smallest absolute Gasteiger partial charge is 0.462 e. The van der Waals surface area contributed by atoms with Crippen molar-refractivity contribution >= 4 is 27.7 Å². The van der Waals surface area contributed by atoms with E-state index in [2.05, 4.69) is 9.84 Å². The molecule has 164 valence electrons. The number of carbonyl (C=O) groups excluding carboxylic acids is 2. The number of hydrogen-bond donors (Lipinski definition) is 1. The average molecular weight is 450 g/mol. The number of nitrogens with zero attached hydrogens (tertiary/aromatic N) is 3. The van der Waals surface area contributed by atoms with Gasteiger partial charge in [-0.25, -0.2) is 4.79 Å². The molecule has 0 spiro atoms. The van der Waals surface area contributed by atoms with Gasteiger partial charge in [-0.2, -0.15) is 21.6 Å². The van der Waals surface area contributed by atoms with E-state index >= 15 is 0 Å². The number of aryl methyl sites for hydroxylation is 1. The number of rotatable bonds is 5. The van der Waals surface area contributed by atoms with E-state index in [1.165, 1.54) is 22.0 Å². The molecule has 1 heterocycles. The van der Waals surface area contributed by atoms with E-state index < -0.39 is 28.0 Å². The first-order valence-electron chi connectivity index (χ1n) is 8.14. The quantitative estimate of drug-likeness (QED) is 0.414. The molecule has 1 aromatic heterocycles. The summed E-state index contributed by atoms with van der Waals surface area (Å²) in [6.45, 7) is 0.0157. The standard InChI is InChI=1S/C14H15N3O4S.C3H3F3O2/c1-16(13-5-3-2-4-6-13)14(18)12-7-8-17(15-11-12)9-10-22(19,20)21;1-8-2(7)3(4,5)6/h2-8,11H,9-10H2,1H3;1H3/p+1. The van der Waals surface area contributed by atoms with Crippen LogP contribution in [0.25, 0.3) is 0 Å². The highest BCUT2D eigenvalue weighted by Crippen LogP contribution is 2.15. The summed E-state index contributed by atoms with van der Waals surface area (Å²) in [4.78, 5) is 23.3. The summed E-state index contributed by atoms with van der Waals surface area (Å²) in [7, 11) is -1.69. The maximum Gasteiger partial charge on any atom is 0.490 e. The van der Waals surface area contributed by atoms with Crippen LogP contribution in [-0.4, -0.2) is 56.0 Å². The van der Waals surface area contributed by atoms with Crippen LogP contribution >= 0.6 is 0 Å². The minimum Gasteiger partial charge on any atom is -0.462 e. The molecule has 0 bridgehead atoms. The number of benzene rings is 1. The van der Waals surface area contributed by atoms with E-state index in [9.17, 15) is 31.2 Å². The average Bonchev–Trinajstić information content (AvgIpc) is 2.70. The fourth-order valence-electron chi connectivity index (χ4n) is 1.93. The van der Waals surface area contributed by atoms with Crippen molar-refractivity contribution in [3.05, 3.63) is 54.4 Å². The van der Waals surface area contributed by atoms with E-state index in [1.807, 2.05) is 30.3 Å². The Kier molecular flexibility index (Phi) is 8.86. The minimum atomic E-state index is -4.85. The van der Waals surface area contributed by atoms with Crippen LogP contribution in [0.15, 0.2) is 48.8 Å². The summed E-state index contributed by atoms with van der Waals surface area (Å²) in [5.74, 6) is -2.82. The number of methoxy groups -OCH3 is 1. The van der Waals surface area contributed by atoms with E-state index in [4.69, 9.17) is 4.55 Å². The molecule has 13 heteroatoms. The molecule has 2 aromatic rings. The van der Waals surface area contributed by atoms with Gasteiger partial charge in [0.15, 0.2) is 12.7 Å². The highest BCUT2D eigenvalue weighted by atomic mass is 32.2. The normalized spacial score (nSPS) is 11.1. The molecule has 0 radical (unpaired) electrons. The second kappa shape index (κ2) is 10.6. The number of para-hydroxylation sites is 1. The van der Waals surface area contributed by atoms with Gasteiger partial charge in [0.05, 0.1) is 12.7 Å². The zero-order valence-corrected chi connectivity index (χ0v) is 16.7. The molecular weight excluding hydrogens is 431 g/mol. The Morgan fingerprint density at radius 1 is 1.20 bits per heavy atom. The van der Waals surface area contributed by atoms with Crippen LogP contribution in [-0.2, 0) is 26.2 Å². The Bertz CT molecular complexity index is 951. The van der Waals surface area contributed by atoms with Gasteiger partial charge in [-0.3, -0.25) is 9.35 Å². The van der Waals surface area contributed by atoms with Gasteiger partial charge in [-0.05, 0) is 17.2 Å². The summed E-state index contributed by atoms with van der Waals surface area (Å²) in [6.07, 6.45) is -1.99. The molecule has 2 rings (SSSR count). The van der Waals surface area contributed by atoms with Crippen LogP contribution in [0.1, 0.15) is 10.4 Å². The van der Waals surface area contributed by atoms with Gasteiger partial charge >= 0.3 is 12.1 Å². The Hall–Kier alpha value is -3.06. The lowest BCUT2D eigenvalue weighted by Gasteiger charge is -2.16. The van der Waals surface area contributed by atoms with Crippen LogP contribution in [0.4, 0.5) is 18.9 Å². The number of alkyl halides is 3. The molecular formula is C17H19F3N3O6S+. The predicted octanol–water partition coefficient (Wildman–Crippen LogP) is 1.26. The highest BCUT2D eigenvalue weighted by molar-refractivity contribution is 7.85. The zero-order chi connectivity index (χ0) is 22.9. The van der Waals surface area contributed by atoms with Crippen LogP contribution < -0.4 is 9.58 Å². The predicted molar refractivity (Wildman–Crippen MR) is 98.1 cm³/mol. The van der Waals surface area contributed by atoms with E-state index in [0.29, 0.717) is 12.7 Å². The Morgan fingerprint density at radius 3 is 2.20 bits per heavy atom. The third-order valence-corrected chi connectivity index (χ3v) is 4.16. The fourth-order valence-corrected chi connectivity index (χ4v) is 2.35. The molecule has 1 aromatic carbocycles. The van der Waals surface area contributed by atoms with Gasteiger partial charge in [0.2, 0.25) is 0 Å². The third kappa shape index (κ3) is 8.53. The second-order valence-electron chi connectivity index (χ2n) is 5.65. The van der Waals surface area contributed by atoms with Crippen molar-refractivity contribution in [3.8, 4) is 0 Å². The molecule has 0 fully saturated rings. The topological polar surface area (TPSA) is 118 Å². The first kappa shape index (κ1) is 25.0. The van der Waals surface area contributed by atoms with E-state index in [0.717, 1.165) is 5.69 Å². The second-order valence-corrected chi connectivity index (χ2v) is 7.23. The molecule has 1 amide bonds. The first-order chi connectivity index (χ1) is 13.8. The zero-order valence-electron chi connectivity index (χ0n) is 15.9. The Balaban J connectivity index is 0.000000479. The molecule has 9 nitrogen and oxygen atoms in total. The number of carbonyl (C=O) groups is 2. The molecule has 0 saturated heterocycles. The Labute approximate surface area is 170 Å². The molecule has 0 aliphatic carbocycles. The van der Waals surface area contributed by atoms with Gasteiger partial charge in [0.25, 0.3) is 16.0 Å². The SMILES string of the molecule is CN(C(=O)c1cc[n+](CCS(=O)(=O)O)nc1)c1ccccc1.COC(=O)C(F)(F)F. The molecule has 0 atom stereocenters. The summed E-state index contributed by atoms with van der Waals surface area (Å²) in [5, 5.41) is 3.97. The summed E-state index contributed by atoms with van der Waals surface area (Å²) in [6, 6.07) is 10.7. The number of aromatic nitrogens is 2. The van der Waals surface area contributed by atoms with Crippen molar-refractivity contribution in [1.29, 1.82) is 0 Å². The molecule has 0 saturated carbocycles. The summed E-state index contributed by atoms with van der Waals surface area (Å²) in [5.41, 5.74) is 1.14. The van der Waals surface area contributed by atoms with E-state index in [-0.39, 0.29) is 12.5 Å². The first-order valence-corrected chi connectivity index (χ1v) is 9.75. The molecule has 0 aliphatic heterocycles. The summed E-state index contributed by atoms with van der Waals surface area (Å²) >= 11 is 0. The molecule has 0 aliphatic rings. The lowest BCUT2D eigenvalue weighted by molar-refractivity contribution is -0.750. The van der Waals surface area contributed by atoms with Gasteiger partial charge in [-0.15, -0.1) is 0 Å². The van der Waals surface area contributed by atoms with Crippen LogP contribution in [0.5, 0.6) is 0 Å². The van der Waals surface area contributed by atoms with Crippen molar-refractivity contribution in [2.45, 2.75) is 12.7 Å². The van der Waals surface area contributed by atoms with Crippen molar-refractivity contribution in [1.82, 2.24) is 5.10 Å². The number of halogens is 3. The third-order valence-electron chi connectivity index (χ3n) is 3.46. The lowest BCUT2D eigenvalue weighted by atomic mass is 10.2. The van der Waals surface area contributed by atoms with Crippen molar-refractivity contribution in [2.24, 2.45) is 0 Å². The van der Waals surface area contributed by atoms with Crippen LogP contribution in [0, 0.1) is 0 Å². The monoisotopic (exact) mass is 450 g/mol.